The van der Waals surface area contributed by atoms with E-state index in [1.807, 2.05) is 12.1 Å². The molecule has 0 spiro atoms. The molecule has 1 saturated carbocycles. The molecule has 3 aromatic heterocycles. The van der Waals surface area contributed by atoms with Crippen LogP contribution in [0.5, 0.6) is 0 Å². The van der Waals surface area contributed by atoms with E-state index in [1.165, 1.54) is 38.3 Å². The summed E-state index contributed by atoms with van der Waals surface area (Å²) in [6, 6.07) is 9.23. The number of methoxy groups -OCH3 is 1. The number of nitrogens with one attached hydrogen (secondary N) is 2. The first-order valence-corrected chi connectivity index (χ1v) is 12.6. The molecule has 3 N–H and O–H groups in total. The molecule has 1 atom stereocenters. The van der Waals surface area contributed by atoms with Gasteiger partial charge >= 0.3 is 6.09 Å². The number of alkyl halides is 1. The smallest absolute Gasteiger partial charge is 0.409 e. The van der Waals surface area contributed by atoms with E-state index in [9.17, 15) is 19.1 Å². The Morgan fingerprint density at radius 2 is 2.08 bits per heavy atom. The van der Waals surface area contributed by atoms with Crippen molar-refractivity contribution in [2.75, 3.05) is 32.6 Å². The average Bonchev–Trinajstić information content (AvgIpc) is 3.32. The van der Waals surface area contributed by atoms with Gasteiger partial charge in [0.2, 0.25) is 0 Å². The van der Waals surface area contributed by atoms with Crippen LogP contribution in [0.1, 0.15) is 42.6 Å². The summed E-state index contributed by atoms with van der Waals surface area (Å²) in [5.74, 6) is -0.251. The van der Waals surface area contributed by atoms with Crippen molar-refractivity contribution in [2.45, 2.75) is 44.5 Å². The standard InChI is InChI=1S/C27H32FN7O4/c1-27(2,38)24(28)14-31-25(36)20-13-30-22(23-6-5-19-9-17(11-29)12-32-35(19)23)10-21(20)33-18-7-16(8-18)15-34(3)26(37)39-4/h5-6,9-10,12-13,16,18,24,38H,7-8,14-15H2,1-4H3,(H,30,33)(H,31,36)/t16?,18?,24-/m1/s1. The Kier molecular flexibility index (Phi) is 8.01. The van der Waals surface area contributed by atoms with E-state index in [-0.39, 0.29) is 24.1 Å². The lowest BCUT2D eigenvalue weighted by Gasteiger charge is -2.38. The number of rotatable bonds is 9. The van der Waals surface area contributed by atoms with Gasteiger partial charge in [0, 0.05) is 25.8 Å². The average molecular weight is 538 g/mol. The Morgan fingerprint density at radius 1 is 1.33 bits per heavy atom. The molecule has 1 aliphatic carbocycles. The van der Waals surface area contributed by atoms with Crippen LogP contribution < -0.4 is 10.6 Å². The molecule has 0 saturated heterocycles. The molecule has 4 rings (SSSR count). The zero-order valence-electron chi connectivity index (χ0n) is 22.3. The van der Waals surface area contributed by atoms with Gasteiger partial charge in [0.25, 0.3) is 5.91 Å². The minimum Gasteiger partial charge on any atom is -0.453 e. The maximum absolute atomic E-state index is 14.3. The molecule has 0 bridgehead atoms. The third-order valence-corrected chi connectivity index (χ3v) is 6.86. The molecule has 0 radical (unpaired) electrons. The van der Waals surface area contributed by atoms with E-state index in [0.717, 1.165) is 18.4 Å². The van der Waals surface area contributed by atoms with Gasteiger partial charge in [-0.15, -0.1) is 0 Å². The van der Waals surface area contributed by atoms with Crippen LogP contribution in [0.25, 0.3) is 16.9 Å². The second-order valence-electron chi connectivity index (χ2n) is 10.4. The van der Waals surface area contributed by atoms with Crippen LogP contribution in [-0.4, -0.2) is 81.7 Å². The molecule has 1 aliphatic rings. The van der Waals surface area contributed by atoms with Crippen LogP contribution in [0.4, 0.5) is 14.9 Å². The van der Waals surface area contributed by atoms with Gasteiger partial charge in [-0.2, -0.15) is 10.4 Å². The zero-order chi connectivity index (χ0) is 28.3. The number of carbonyl (C=O) groups is 2. The Bertz CT molecular complexity index is 1410. The van der Waals surface area contributed by atoms with E-state index in [2.05, 4.69) is 26.8 Å². The monoisotopic (exact) mass is 537 g/mol. The third kappa shape index (κ3) is 6.26. The summed E-state index contributed by atoms with van der Waals surface area (Å²) in [6.07, 6.45) is 2.40. The van der Waals surface area contributed by atoms with E-state index >= 15 is 0 Å². The number of nitriles is 1. The fraction of sp³-hybridized carbons (Fsp3) is 0.444. The molecule has 12 heteroatoms. The number of halogens is 1. The predicted molar refractivity (Wildman–Crippen MR) is 142 cm³/mol. The normalized spacial score (nSPS) is 17.6. The summed E-state index contributed by atoms with van der Waals surface area (Å²) in [4.78, 5) is 30.7. The van der Waals surface area contributed by atoms with Crippen molar-refractivity contribution in [3.8, 4) is 17.5 Å². The van der Waals surface area contributed by atoms with Crippen molar-refractivity contribution in [1.82, 2.24) is 24.8 Å². The molecule has 39 heavy (non-hydrogen) atoms. The summed E-state index contributed by atoms with van der Waals surface area (Å²) in [5.41, 5.74) is 1.53. The minimum absolute atomic E-state index is 0.0496. The highest BCUT2D eigenvalue weighted by Crippen LogP contribution is 2.33. The highest BCUT2D eigenvalue weighted by Gasteiger charge is 2.32. The number of hydrogen-bond donors (Lipinski definition) is 3. The SMILES string of the molecule is COC(=O)N(C)CC1CC(Nc2cc(-c3ccc4cc(C#N)cnn34)ncc2C(=O)NC[C@@H](F)C(C)(C)O)C1. The zero-order valence-corrected chi connectivity index (χ0v) is 22.3. The maximum atomic E-state index is 14.3. The summed E-state index contributed by atoms with van der Waals surface area (Å²) < 4.78 is 20.7. The summed E-state index contributed by atoms with van der Waals surface area (Å²) in [5, 5.41) is 29.3. The molecule has 3 heterocycles. The Balaban J connectivity index is 1.57. The Labute approximate surface area is 225 Å². The topological polar surface area (TPSA) is 145 Å². The van der Waals surface area contributed by atoms with Crippen LogP contribution in [0.3, 0.4) is 0 Å². The lowest BCUT2D eigenvalue weighted by atomic mass is 9.79. The predicted octanol–water partition coefficient (Wildman–Crippen LogP) is 3.00. The lowest BCUT2D eigenvalue weighted by Crippen LogP contribution is -2.43. The van der Waals surface area contributed by atoms with Crippen molar-refractivity contribution in [2.24, 2.45) is 5.92 Å². The molecule has 1 fully saturated rings. The van der Waals surface area contributed by atoms with Crippen molar-refractivity contribution in [1.29, 1.82) is 5.26 Å². The number of carbonyl (C=O) groups excluding carboxylic acids is 2. The van der Waals surface area contributed by atoms with Gasteiger partial charge in [0.15, 0.2) is 0 Å². The number of nitrogens with zero attached hydrogens (tertiary/aromatic N) is 5. The van der Waals surface area contributed by atoms with Crippen LogP contribution in [0.2, 0.25) is 0 Å². The number of aromatic nitrogens is 3. The van der Waals surface area contributed by atoms with Crippen molar-refractivity contribution < 1.29 is 23.8 Å². The van der Waals surface area contributed by atoms with Gasteiger partial charge in [-0.1, -0.05) is 0 Å². The van der Waals surface area contributed by atoms with E-state index in [4.69, 9.17) is 10.00 Å². The van der Waals surface area contributed by atoms with Gasteiger partial charge in [0.05, 0.1) is 59.2 Å². The quantitative estimate of drug-likeness (QED) is 0.378. The Hall–Kier alpha value is -4.24. The van der Waals surface area contributed by atoms with Crippen LogP contribution in [0, 0.1) is 17.2 Å². The summed E-state index contributed by atoms with van der Waals surface area (Å²) in [7, 11) is 3.03. The maximum Gasteiger partial charge on any atom is 0.409 e. The van der Waals surface area contributed by atoms with Crippen LogP contribution >= 0.6 is 0 Å². The van der Waals surface area contributed by atoms with Gasteiger partial charge in [-0.25, -0.2) is 13.7 Å². The van der Waals surface area contributed by atoms with Crippen molar-refractivity contribution in [3.63, 3.8) is 0 Å². The van der Waals surface area contributed by atoms with Gasteiger partial charge < -0.3 is 25.4 Å². The van der Waals surface area contributed by atoms with Gasteiger partial charge in [-0.3, -0.25) is 9.78 Å². The highest BCUT2D eigenvalue weighted by atomic mass is 19.1. The van der Waals surface area contributed by atoms with E-state index in [1.54, 1.807) is 23.7 Å². The molecule has 0 unspecified atom stereocenters. The second kappa shape index (κ2) is 11.2. The largest absolute Gasteiger partial charge is 0.453 e. The lowest BCUT2D eigenvalue weighted by molar-refractivity contribution is -0.00177. The molecular formula is C27H32FN7O4. The van der Waals surface area contributed by atoms with Crippen molar-refractivity contribution in [3.05, 3.63) is 47.8 Å². The fourth-order valence-corrected chi connectivity index (χ4v) is 4.52. The Morgan fingerprint density at radius 3 is 2.74 bits per heavy atom. The summed E-state index contributed by atoms with van der Waals surface area (Å²) >= 11 is 0. The van der Waals surface area contributed by atoms with E-state index in [0.29, 0.717) is 29.2 Å². The number of pyridine rings is 1. The highest BCUT2D eigenvalue weighted by molar-refractivity contribution is 6.00. The van der Waals surface area contributed by atoms with Gasteiger partial charge in [0.1, 0.15) is 12.2 Å². The molecule has 2 amide bonds. The third-order valence-electron chi connectivity index (χ3n) is 6.86. The fourth-order valence-electron chi connectivity index (χ4n) is 4.52. The van der Waals surface area contributed by atoms with Crippen molar-refractivity contribution >= 4 is 23.2 Å². The number of amides is 2. The minimum atomic E-state index is -1.65. The second-order valence-corrected chi connectivity index (χ2v) is 10.4. The molecule has 0 aliphatic heterocycles. The van der Waals surface area contributed by atoms with Crippen LogP contribution in [-0.2, 0) is 4.74 Å². The molecular weight excluding hydrogens is 505 g/mol. The number of fused-ring (bicyclic) bond motifs is 1. The van der Waals surface area contributed by atoms with E-state index < -0.39 is 23.8 Å². The number of aliphatic hydroxyl groups is 1. The summed E-state index contributed by atoms with van der Waals surface area (Å²) in [6.45, 7) is 2.88. The molecule has 0 aromatic carbocycles. The van der Waals surface area contributed by atoms with Gasteiger partial charge in [-0.05, 0) is 56.9 Å². The van der Waals surface area contributed by atoms with Crippen LogP contribution in [0.15, 0.2) is 36.7 Å². The number of anilines is 1. The molecule has 3 aromatic rings. The number of hydrogen-bond acceptors (Lipinski definition) is 8. The first kappa shape index (κ1) is 27.8. The first-order valence-electron chi connectivity index (χ1n) is 12.6. The molecule has 206 valence electrons. The number of ether oxygens (including phenoxy) is 1. The first-order chi connectivity index (χ1) is 18.5. The molecule has 11 nitrogen and oxygen atoms in total.